The fourth-order valence-corrected chi connectivity index (χ4v) is 2.34. The molecule has 24 heavy (non-hydrogen) atoms. The van der Waals surface area contributed by atoms with Crippen molar-refractivity contribution < 1.29 is 27.5 Å². The Morgan fingerprint density at radius 2 is 1.92 bits per heavy atom. The molecule has 1 N–H and O–H groups in total. The van der Waals surface area contributed by atoms with Crippen LogP contribution in [-0.2, 0) is 20.5 Å². The second kappa shape index (κ2) is 7.65. The van der Waals surface area contributed by atoms with Gasteiger partial charge in [0.15, 0.2) is 0 Å². The number of halogens is 3. The van der Waals surface area contributed by atoms with Crippen LogP contribution < -0.4 is 5.32 Å². The molecule has 1 amide bonds. The molecule has 0 radical (unpaired) electrons. The number of hydrogen-bond acceptors (Lipinski definition) is 4. The number of ether oxygens (including phenoxy) is 1. The second-order valence-electron chi connectivity index (χ2n) is 5.53. The van der Waals surface area contributed by atoms with Gasteiger partial charge in [0.2, 0.25) is 5.91 Å². The highest BCUT2D eigenvalue weighted by atomic mass is 19.4. The van der Waals surface area contributed by atoms with Crippen LogP contribution in [0.4, 0.5) is 18.9 Å². The molecule has 8 heteroatoms. The lowest BCUT2D eigenvalue weighted by atomic mass is 10.1. The van der Waals surface area contributed by atoms with Crippen LogP contribution in [0.25, 0.3) is 0 Å². The van der Waals surface area contributed by atoms with E-state index in [0.29, 0.717) is 0 Å². The SMILES string of the molecule is CCOC(=O)CN(CC(=O)Nc1ccccc1C(F)(F)F)C1CC1. The monoisotopic (exact) mass is 344 g/mol. The molecule has 1 saturated carbocycles. The maximum atomic E-state index is 12.9. The van der Waals surface area contributed by atoms with Crippen LogP contribution in [0.2, 0.25) is 0 Å². The third-order valence-electron chi connectivity index (χ3n) is 3.55. The second-order valence-corrected chi connectivity index (χ2v) is 5.53. The third kappa shape index (κ3) is 5.23. The first kappa shape index (κ1) is 18.3. The zero-order valence-corrected chi connectivity index (χ0v) is 13.2. The van der Waals surface area contributed by atoms with Crippen LogP contribution in [0.1, 0.15) is 25.3 Å². The summed E-state index contributed by atoms with van der Waals surface area (Å²) < 4.78 is 43.7. The Hall–Kier alpha value is -2.09. The van der Waals surface area contributed by atoms with Crippen LogP contribution in [0.5, 0.6) is 0 Å². The van der Waals surface area contributed by atoms with Crippen molar-refractivity contribution in [2.45, 2.75) is 32.0 Å². The minimum atomic E-state index is -4.55. The molecule has 0 spiro atoms. The summed E-state index contributed by atoms with van der Waals surface area (Å²) in [5.41, 5.74) is -1.19. The van der Waals surface area contributed by atoms with Gasteiger partial charge < -0.3 is 10.1 Å². The van der Waals surface area contributed by atoms with Gasteiger partial charge in [0.05, 0.1) is 30.9 Å². The lowest BCUT2D eigenvalue weighted by Crippen LogP contribution is -2.39. The van der Waals surface area contributed by atoms with Gasteiger partial charge in [-0.05, 0) is 31.9 Å². The van der Waals surface area contributed by atoms with Crippen LogP contribution in [0.15, 0.2) is 24.3 Å². The number of nitrogens with one attached hydrogen (secondary N) is 1. The molecule has 0 aromatic heterocycles. The minimum absolute atomic E-state index is 0.0488. The van der Waals surface area contributed by atoms with E-state index in [2.05, 4.69) is 5.32 Å². The van der Waals surface area contributed by atoms with Gasteiger partial charge in [-0.2, -0.15) is 13.2 Å². The van der Waals surface area contributed by atoms with Crippen molar-refractivity contribution in [1.82, 2.24) is 4.90 Å². The van der Waals surface area contributed by atoms with Gasteiger partial charge in [-0.3, -0.25) is 14.5 Å². The number of carbonyl (C=O) groups is 2. The maximum absolute atomic E-state index is 12.9. The molecule has 0 atom stereocenters. The molecule has 132 valence electrons. The standard InChI is InChI=1S/C16H19F3N2O3/c1-2-24-15(23)10-21(11-7-8-11)9-14(22)20-13-6-4-3-5-12(13)16(17,18)19/h3-6,11H,2,7-10H2,1H3,(H,20,22). The molecular weight excluding hydrogens is 325 g/mol. The average molecular weight is 344 g/mol. The van der Waals surface area contributed by atoms with Crippen molar-refractivity contribution in [3.8, 4) is 0 Å². The zero-order valence-electron chi connectivity index (χ0n) is 13.2. The molecule has 2 rings (SSSR count). The maximum Gasteiger partial charge on any atom is 0.418 e. The van der Waals surface area contributed by atoms with E-state index in [1.165, 1.54) is 18.2 Å². The number of esters is 1. The van der Waals surface area contributed by atoms with Crippen LogP contribution >= 0.6 is 0 Å². The molecule has 0 heterocycles. The van der Waals surface area contributed by atoms with Gasteiger partial charge in [0.25, 0.3) is 0 Å². The first-order valence-electron chi connectivity index (χ1n) is 7.67. The van der Waals surface area contributed by atoms with Gasteiger partial charge in [0.1, 0.15) is 0 Å². The van der Waals surface area contributed by atoms with E-state index >= 15 is 0 Å². The van der Waals surface area contributed by atoms with Gasteiger partial charge >= 0.3 is 12.1 Å². The van der Waals surface area contributed by atoms with E-state index in [0.717, 1.165) is 18.9 Å². The van der Waals surface area contributed by atoms with Gasteiger partial charge in [-0.1, -0.05) is 12.1 Å². The Kier molecular flexibility index (Phi) is 5.82. The number of benzene rings is 1. The van der Waals surface area contributed by atoms with Crippen molar-refractivity contribution in [3.05, 3.63) is 29.8 Å². The first-order valence-corrected chi connectivity index (χ1v) is 7.67. The zero-order chi connectivity index (χ0) is 17.7. The van der Waals surface area contributed by atoms with E-state index in [9.17, 15) is 22.8 Å². The van der Waals surface area contributed by atoms with Crippen molar-refractivity contribution >= 4 is 17.6 Å². The van der Waals surface area contributed by atoms with Crippen LogP contribution in [0, 0.1) is 0 Å². The topological polar surface area (TPSA) is 58.6 Å². The summed E-state index contributed by atoms with van der Waals surface area (Å²) in [6.07, 6.45) is -2.84. The van der Waals surface area contributed by atoms with E-state index in [1.807, 2.05) is 0 Å². The summed E-state index contributed by atoms with van der Waals surface area (Å²) >= 11 is 0. The highest BCUT2D eigenvalue weighted by molar-refractivity contribution is 5.93. The van der Waals surface area contributed by atoms with E-state index in [-0.39, 0.29) is 31.4 Å². The van der Waals surface area contributed by atoms with E-state index < -0.39 is 23.6 Å². The number of hydrogen-bond donors (Lipinski definition) is 1. The van der Waals surface area contributed by atoms with Crippen LogP contribution in [-0.4, -0.2) is 42.5 Å². The molecule has 1 aromatic carbocycles. The number of anilines is 1. The fraction of sp³-hybridized carbons (Fsp3) is 0.500. The summed E-state index contributed by atoms with van der Waals surface area (Å²) in [6, 6.07) is 4.89. The Balaban J connectivity index is 2.00. The molecular formula is C16H19F3N2O3. The Morgan fingerprint density at radius 1 is 1.25 bits per heavy atom. The molecule has 0 aliphatic heterocycles. The van der Waals surface area contributed by atoms with Gasteiger partial charge in [-0.25, -0.2) is 0 Å². The molecule has 1 aromatic rings. The van der Waals surface area contributed by atoms with Gasteiger partial charge in [-0.15, -0.1) is 0 Å². The summed E-state index contributed by atoms with van der Waals surface area (Å²) in [6.45, 7) is 1.71. The lowest BCUT2D eigenvalue weighted by Gasteiger charge is -2.21. The summed E-state index contributed by atoms with van der Waals surface area (Å²) in [4.78, 5) is 25.3. The Bertz CT molecular complexity index is 600. The highest BCUT2D eigenvalue weighted by Crippen LogP contribution is 2.34. The number of amides is 1. The molecule has 1 aliphatic carbocycles. The quantitative estimate of drug-likeness (QED) is 0.773. The summed E-state index contributed by atoms with van der Waals surface area (Å²) in [5.74, 6) is -1.05. The number of nitrogens with zero attached hydrogens (tertiary/aromatic N) is 1. The van der Waals surface area contributed by atoms with E-state index in [4.69, 9.17) is 4.74 Å². The molecule has 0 bridgehead atoms. The van der Waals surface area contributed by atoms with Crippen LogP contribution in [0.3, 0.4) is 0 Å². The number of rotatable bonds is 7. The Morgan fingerprint density at radius 3 is 2.50 bits per heavy atom. The molecule has 1 aliphatic rings. The van der Waals surface area contributed by atoms with Gasteiger partial charge in [0, 0.05) is 6.04 Å². The minimum Gasteiger partial charge on any atom is -0.465 e. The molecule has 0 saturated heterocycles. The average Bonchev–Trinajstić information content (AvgIpc) is 3.30. The summed E-state index contributed by atoms with van der Waals surface area (Å²) in [5, 5.41) is 2.28. The number of alkyl halides is 3. The lowest BCUT2D eigenvalue weighted by molar-refractivity contribution is -0.144. The molecule has 0 unspecified atom stereocenters. The van der Waals surface area contributed by atoms with Crippen molar-refractivity contribution in [3.63, 3.8) is 0 Å². The predicted octanol–water partition coefficient (Wildman–Crippen LogP) is 2.67. The number of carbonyl (C=O) groups excluding carboxylic acids is 2. The summed E-state index contributed by atoms with van der Waals surface area (Å²) in [7, 11) is 0. The number of para-hydroxylation sites is 1. The third-order valence-corrected chi connectivity index (χ3v) is 3.55. The fourth-order valence-electron chi connectivity index (χ4n) is 2.34. The predicted molar refractivity (Wildman–Crippen MR) is 81.3 cm³/mol. The van der Waals surface area contributed by atoms with E-state index in [1.54, 1.807) is 11.8 Å². The molecule has 5 nitrogen and oxygen atoms in total. The Labute approximate surface area is 137 Å². The highest BCUT2D eigenvalue weighted by Gasteiger charge is 2.35. The molecule has 1 fully saturated rings. The normalized spacial score (nSPS) is 14.5. The smallest absolute Gasteiger partial charge is 0.418 e. The van der Waals surface area contributed by atoms with Crippen molar-refractivity contribution in [2.24, 2.45) is 0 Å². The largest absolute Gasteiger partial charge is 0.465 e. The van der Waals surface area contributed by atoms with Crippen molar-refractivity contribution in [2.75, 3.05) is 25.0 Å². The van der Waals surface area contributed by atoms with Crippen molar-refractivity contribution in [1.29, 1.82) is 0 Å². The first-order chi connectivity index (χ1) is 11.3.